The van der Waals surface area contributed by atoms with E-state index < -0.39 is 0 Å². The van der Waals surface area contributed by atoms with E-state index in [4.69, 9.17) is 0 Å². The molecule has 0 aliphatic rings. The van der Waals surface area contributed by atoms with Crippen LogP contribution in [-0.2, 0) is 6.42 Å². The molecule has 1 aromatic rings. The van der Waals surface area contributed by atoms with Gasteiger partial charge < -0.3 is 5.32 Å². The standard InChI is InChI=1S/C10H16N2/c1-9-5-6-10(8-12-9)4-3-7-11-2/h5-6,8,11H,3-4,7H2,1-2H3. The minimum atomic E-state index is 1.08. The normalized spacial score (nSPS) is 10.2. The van der Waals surface area contributed by atoms with E-state index in [9.17, 15) is 0 Å². The topological polar surface area (TPSA) is 24.9 Å². The molecule has 1 heterocycles. The Kier molecular flexibility index (Phi) is 3.74. The summed E-state index contributed by atoms with van der Waals surface area (Å²) in [4.78, 5) is 4.24. The van der Waals surface area contributed by atoms with Crippen LogP contribution in [0.3, 0.4) is 0 Å². The lowest BCUT2D eigenvalue weighted by Gasteiger charge is -2.00. The number of hydrogen-bond donors (Lipinski definition) is 1. The summed E-state index contributed by atoms with van der Waals surface area (Å²) in [7, 11) is 1.98. The third kappa shape index (κ3) is 3.01. The first kappa shape index (κ1) is 9.20. The zero-order valence-corrected chi connectivity index (χ0v) is 7.80. The van der Waals surface area contributed by atoms with Crippen molar-refractivity contribution in [2.75, 3.05) is 13.6 Å². The lowest BCUT2D eigenvalue weighted by atomic mass is 10.1. The fraction of sp³-hybridized carbons (Fsp3) is 0.500. The fourth-order valence-electron chi connectivity index (χ4n) is 1.12. The molecule has 0 radical (unpaired) electrons. The van der Waals surface area contributed by atoms with Crippen molar-refractivity contribution in [2.24, 2.45) is 0 Å². The molecule has 1 aromatic heterocycles. The van der Waals surface area contributed by atoms with Gasteiger partial charge in [0.2, 0.25) is 0 Å². The SMILES string of the molecule is CNCCCc1ccc(C)nc1. The van der Waals surface area contributed by atoms with E-state index in [2.05, 4.69) is 22.4 Å². The van der Waals surface area contributed by atoms with Crippen LogP contribution in [0.5, 0.6) is 0 Å². The van der Waals surface area contributed by atoms with Gasteiger partial charge in [0.1, 0.15) is 0 Å². The van der Waals surface area contributed by atoms with Crippen molar-refractivity contribution >= 4 is 0 Å². The van der Waals surface area contributed by atoms with Crippen molar-refractivity contribution in [1.82, 2.24) is 10.3 Å². The van der Waals surface area contributed by atoms with Gasteiger partial charge in [0, 0.05) is 11.9 Å². The molecule has 0 aliphatic heterocycles. The van der Waals surface area contributed by atoms with Crippen molar-refractivity contribution in [1.29, 1.82) is 0 Å². The summed E-state index contributed by atoms with van der Waals surface area (Å²) >= 11 is 0. The smallest absolute Gasteiger partial charge is 0.0372 e. The van der Waals surface area contributed by atoms with Gasteiger partial charge in [-0.05, 0) is 45.0 Å². The fourth-order valence-corrected chi connectivity index (χ4v) is 1.12. The summed E-state index contributed by atoms with van der Waals surface area (Å²) in [6.45, 7) is 3.09. The molecule has 0 unspecified atom stereocenters. The minimum absolute atomic E-state index is 1.08. The average Bonchev–Trinajstić information content (AvgIpc) is 2.09. The van der Waals surface area contributed by atoms with Gasteiger partial charge in [-0.3, -0.25) is 4.98 Å². The molecule has 66 valence electrons. The Morgan fingerprint density at radius 2 is 2.25 bits per heavy atom. The van der Waals surface area contributed by atoms with Crippen LogP contribution in [0.25, 0.3) is 0 Å². The lowest BCUT2D eigenvalue weighted by Crippen LogP contribution is -2.08. The molecule has 2 heteroatoms. The Bertz CT molecular complexity index is 216. The van der Waals surface area contributed by atoms with E-state index in [1.165, 1.54) is 12.0 Å². The van der Waals surface area contributed by atoms with Crippen LogP contribution >= 0.6 is 0 Å². The molecular formula is C10H16N2. The van der Waals surface area contributed by atoms with Crippen molar-refractivity contribution in [2.45, 2.75) is 19.8 Å². The molecule has 0 spiro atoms. The van der Waals surface area contributed by atoms with Gasteiger partial charge in [-0.1, -0.05) is 6.07 Å². The molecule has 0 bridgehead atoms. The van der Waals surface area contributed by atoms with Crippen LogP contribution in [0.15, 0.2) is 18.3 Å². The quantitative estimate of drug-likeness (QED) is 0.683. The predicted octanol–water partition coefficient (Wildman–Crippen LogP) is 1.54. The number of pyridine rings is 1. The van der Waals surface area contributed by atoms with E-state index in [0.29, 0.717) is 0 Å². The molecule has 0 fully saturated rings. The highest BCUT2D eigenvalue weighted by molar-refractivity contribution is 5.12. The van der Waals surface area contributed by atoms with Gasteiger partial charge in [0.15, 0.2) is 0 Å². The summed E-state index contributed by atoms with van der Waals surface area (Å²) in [6.07, 6.45) is 4.26. The third-order valence-corrected chi connectivity index (χ3v) is 1.86. The van der Waals surface area contributed by atoms with E-state index in [1.54, 1.807) is 0 Å². The minimum Gasteiger partial charge on any atom is -0.320 e. The Balaban J connectivity index is 2.37. The maximum atomic E-state index is 4.24. The van der Waals surface area contributed by atoms with Gasteiger partial charge in [-0.25, -0.2) is 0 Å². The molecule has 1 rings (SSSR count). The van der Waals surface area contributed by atoms with Crippen molar-refractivity contribution in [3.05, 3.63) is 29.6 Å². The molecule has 12 heavy (non-hydrogen) atoms. The van der Waals surface area contributed by atoms with Gasteiger partial charge >= 0.3 is 0 Å². The van der Waals surface area contributed by atoms with E-state index >= 15 is 0 Å². The van der Waals surface area contributed by atoms with Crippen LogP contribution in [0, 0.1) is 6.92 Å². The number of aryl methyl sites for hydroxylation is 2. The van der Waals surface area contributed by atoms with Gasteiger partial charge in [-0.2, -0.15) is 0 Å². The molecule has 1 N–H and O–H groups in total. The molecule has 0 aromatic carbocycles. The third-order valence-electron chi connectivity index (χ3n) is 1.86. The largest absolute Gasteiger partial charge is 0.320 e. The number of hydrogen-bond acceptors (Lipinski definition) is 2. The molecule has 2 nitrogen and oxygen atoms in total. The number of nitrogens with zero attached hydrogens (tertiary/aromatic N) is 1. The van der Waals surface area contributed by atoms with Crippen molar-refractivity contribution in [3.8, 4) is 0 Å². The first-order valence-electron chi connectivity index (χ1n) is 4.39. The Labute approximate surface area is 74.0 Å². The highest BCUT2D eigenvalue weighted by Crippen LogP contribution is 2.01. The van der Waals surface area contributed by atoms with Crippen molar-refractivity contribution < 1.29 is 0 Å². The Morgan fingerprint density at radius 1 is 1.42 bits per heavy atom. The van der Waals surface area contributed by atoms with E-state index in [0.717, 1.165) is 18.7 Å². The van der Waals surface area contributed by atoms with Gasteiger partial charge in [0.05, 0.1) is 0 Å². The highest BCUT2D eigenvalue weighted by atomic mass is 14.8. The van der Waals surface area contributed by atoms with Crippen molar-refractivity contribution in [3.63, 3.8) is 0 Å². The second-order valence-electron chi connectivity index (χ2n) is 3.01. The van der Waals surface area contributed by atoms with Crippen LogP contribution in [0.2, 0.25) is 0 Å². The molecule has 0 saturated heterocycles. The predicted molar refractivity (Wildman–Crippen MR) is 51.2 cm³/mol. The summed E-state index contributed by atoms with van der Waals surface area (Å²) in [5, 5.41) is 3.13. The van der Waals surface area contributed by atoms with E-state index in [1.807, 2.05) is 20.2 Å². The number of aromatic nitrogens is 1. The second-order valence-corrected chi connectivity index (χ2v) is 3.01. The first-order chi connectivity index (χ1) is 5.83. The second kappa shape index (κ2) is 4.88. The maximum Gasteiger partial charge on any atom is 0.0372 e. The molecule has 0 saturated carbocycles. The lowest BCUT2D eigenvalue weighted by molar-refractivity contribution is 0.723. The summed E-state index contributed by atoms with van der Waals surface area (Å²) < 4.78 is 0. The molecule has 0 amide bonds. The van der Waals surface area contributed by atoms with Gasteiger partial charge in [-0.15, -0.1) is 0 Å². The number of nitrogens with one attached hydrogen (secondary N) is 1. The highest BCUT2D eigenvalue weighted by Gasteiger charge is 1.92. The number of rotatable bonds is 4. The maximum absolute atomic E-state index is 4.24. The Morgan fingerprint density at radius 3 is 2.83 bits per heavy atom. The monoisotopic (exact) mass is 164 g/mol. The molecular weight excluding hydrogens is 148 g/mol. The van der Waals surface area contributed by atoms with Crippen LogP contribution in [-0.4, -0.2) is 18.6 Å². The Hall–Kier alpha value is -0.890. The summed E-state index contributed by atoms with van der Waals surface area (Å²) in [5.74, 6) is 0. The summed E-state index contributed by atoms with van der Waals surface area (Å²) in [5.41, 5.74) is 2.42. The summed E-state index contributed by atoms with van der Waals surface area (Å²) in [6, 6.07) is 4.21. The average molecular weight is 164 g/mol. The van der Waals surface area contributed by atoms with Crippen LogP contribution in [0.1, 0.15) is 17.7 Å². The molecule has 0 atom stereocenters. The first-order valence-corrected chi connectivity index (χ1v) is 4.39. The zero-order chi connectivity index (χ0) is 8.81. The molecule has 0 aliphatic carbocycles. The van der Waals surface area contributed by atoms with E-state index in [-0.39, 0.29) is 0 Å². The van der Waals surface area contributed by atoms with Crippen LogP contribution in [0.4, 0.5) is 0 Å². The van der Waals surface area contributed by atoms with Gasteiger partial charge in [0.25, 0.3) is 0 Å². The van der Waals surface area contributed by atoms with Crippen LogP contribution < -0.4 is 5.32 Å². The zero-order valence-electron chi connectivity index (χ0n) is 7.80.